The molecule has 0 fully saturated rings. The zero-order chi connectivity index (χ0) is 26.5. The van der Waals surface area contributed by atoms with Crippen LogP contribution in [0.4, 0.5) is 5.69 Å². The molecule has 2 aromatic rings. The Morgan fingerprint density at radius 2 is 1.81 bits per heavy atom. The van der Waals surface area contributed by atoms with Gasteiger partial charge in [-0.15, -0.1) is 0 Å². The lowest BCUT2D eigenvalue weighted by Gasteiger charge is -2.12. The molecule has 0 saturated heterocycles. The molecule has 36 heavy (non-hydrogen) atoms. The number of ether oxygens (including phenoxy) is 3. The molecule has 0 aromatic heterocycles. The van der Waals surface area contributed by atoms with Crippen LogP contribution in [0, 0.1) is 13.8 Å². The largest absolute Gasteiger partial charge is 0.493 e. The zero-order valence-electron chi connectivity index (χ0n) is 21.3. The predicted octanol–water partition coefficient (Wildman–Crippen LogP) is 2.71. The van der Waals surface area contributed by atoms with E-state index in [-0.39, 0.29) is 18.6 Å². The van der Waals surface area contributed by atoms with E-state index in [1.165, 1.54) is 13.3 Å². The number of carbonyl (C=O) groups excluding carboxylic acids is 3. The number of hydrogen-bond acceptors (Lipinski definition) is 7. The summed E-state index contributed by atoms with van der Waals surface area (Å²) >= 11 is 0. The molecule has 0 unspecified atom stereocenters. The summed E-state index contributed by atoms with van der Waals surface area (Å²) in [6, 6.07) is 10.7. The van der Waals surface area contributed by atoms with Gasteiger partial charge in [0.2, 0.25) is 0 Å². The number of rotatable bonds is 12. The first-order valence-corrected chi connectivity index (χ1v) is 11.6. The quantitative estimate of drug-likeness (QED) is 0.179. The molecule has 0 heterocycles. The minimum atomic E-state index is -0.877. The summed E-state index contributed by atoms with van der Waals surface area (Å²) in [5.74, 6) is -1.21. The van der Waals surface area contributed by atoms with E-state index in [2.05, 4.69) is 21.2 Å². The number of methoxy groups -OCH3 is 1. The molecule has 0 bridgehead atoms. The summed E-state index contributed by atoms with van der Waals surface area (Å²) in [7, 11) is 1.47. The van der Waals surface area contributed by atoms with Gasteiger partial charge in [0.1, 0.15) is 0 Å². The number of aryl methyl sites for hydroxylation is 2. The molecule has 0 saturated carbocycles. The first kappa shape index (κ1) is 28.3. The Morgan fingerprint density at radius 1 is 1.03 bits per heavy atom. The second kappa shape index (κ2) is 14.5. The molecule has 0 aliphatic carbocycles. The van der Waals surface area contributed by atoms with Gasteiger partial charge >= 0.3 is 11.8 Å². The molecule has 2 rings (SSSR count). The molecule has 10 heteroatoms. The number of hydrogen-bond donors (Lipinski definition) is 3. The monoisotopic (exact) mass is 498 g/mol. The summed E-state index contributed by atoms with van der Waals surface area (Å²) < 4.78 is 16.3. The van der Waals surface area contributed by atoms with Crippen molar-refractivity contribution in [1.82, 2.24) is 10.7 Å². The van der Waals surface area contributed by atoms with Crippen molar-refractivity contribution in [2.45, 2.75) is 40.2 Å². The molecule has 2 aromatic carbocycles. The van der Waals surface area contributed by atoms with Crippen molar-refractivity contribution in [1.29, 1.82) is 0 Å². The van der Waals surface area contributed by atoms with E-state index >= 15 is 0 Å². The van der Waals surface area contributed by atoms with Gasteiger partial charge in [-0.05, 0) is 75.1 Å². The zero-order valence-corrected chi connectivity index (χ0v) is 21.3. The first-order chi connectivity index (χ1) is 17.2. The normalized spacial score (nSPS) is 10.8. The molecule has 0 atom stereocenters. The average molecular weight is 499 g/mol. The highest BCUT2D eigenvalue weighted by molar-refractivity contribution is 6.35. The highest BCUT2D eigenvalue weighted by Gasteiger charge is 2.12. The Morgan fingerprint density at radius 3 is 2.53 bits per heavy atom. The molecule has 194 valence electrons. The smallest absolute Gasteiger partial charge is 0.329 e. The highest BCUT2D eigenvalue weighted by Crippen LogP contribution is 2.27. The Balaban J connectivity index is 1.83. The standard InChI is InChI=1S/C26H34N4O6/c1-17(2)35-12-6-11-27-25(32)26(33)30-28-15-20-9-10-22(23(14-20)34-5)36-16-24(31)29-21-13-18(3)7-8-19(21)4/h7-10,13-15,17H,6,11-12,16H2,1-5H3,(H,27,32)(H,29,31)(H,30,33)/b28-15-. The molecular weight excluding hydrogens is 464 g/mol. The fourth-order valence-corrected chi connectivity index (χ4v) is 2.97. The van der Waals surface area contributed by atoms with Crippen molar-refractivity contribution in [3.63, 3.8) is 0 Å². The van der Waals surface area contributed by atoms with Gasteiger partial charge in [0.15, 0.2) is 18.1 Å². The topological polar surface area (TPSA) is 127 Å². The SMILES string of the molecule is COc1cc(/C=N\NC(=O)C(=O)NCCCOC(C)C)ccc1OCC(=O)Nc1cc(C)ccc1C. The molecule has 0 radical (unpaired) electrons. The van der Waals surface area contributed by atoms with E-state index in [4.69, 9.17) is 14.2 Å². The van der Waals surface area contributed by atoms with E-state index in [0.29, 0.717) is 36.6 Å². The Bertz CT molecular complexity index is 1080. The van der Waals surface area contributed by atoms with Gasteiger partial charge in [0.05, 0.1) is 19.4 Å². The molecule has 0 aliphatic heterocycles. The van der Waals surface area contributed by atoms with Crippen LogP contribution in [0.2, 0.25) is 0 Å². The summed E-state index contributed by atoms with van der Waals surface area (Å²) in [6.07, 6.45) is 2.08. The third-order valence-corrected chi connectivity index (χ3v) is 4.86. The maximum atomic E-state index is 12.3. The van der Waals surface area contributed by atoms with Gasteiger partial charge in [0.25, 0.3) is 5.91 Å². The lowest BCUT2D eigenvalue weighted by Crippen LogP contribution is -2.38. The van der Waals surface area contributed by atoms with Crippen LogP contribution < -0.4 is 25.5 Å². The predicted molar refractivity (Wildman–Crippen MR) is 137 cm³/mol. The van der Waals surface area contributed by atoms with E-state index in [1.807, 2.05) is 45.9 Å². The Hall–Kier alpha value is -3.92. The Kier molecular flexibility index (Phi) is 11.4. The second-order valence-corrected chi connectivity index (χ2v) is 8.29. The summed E-state index contributed by atoms with van der Waals surface area (Å²) in [4.78, 5) is 36.0. The van der Waals surface area contributed by atoms with Crippen LogP contribution in [-0.4, -0.2) is 56.9 Å². The van der Waals surface area contributed by atoms with Crippen molar-refractivity contribution in [2.24, 2.45) is 5.10 Å². The molecule has 3 N–H and O–H groups in total. The van der Waals surface area contributed by atoms with Gasteiger partial charge < -0.3 is 24.8 Å². The third kappa shape index (κ3) is 9.75. The molecular formula is C26H34N4O6. The number of amides is 3. The van der Waals surface area contributed by atoms with Crippen LogP contribution in [0.15, 0.2) is 41.5 Å². The summed E-state index contributed by atoms with van der Waals surface area (Å²) in [5.41, 5.74) is 5.49. The number of nitrogens with zero attached hydrogens (tertiary/aromatic N) is 1. The van der Waals surface area contributed by atoms with Crippen LogP contribution >= 0.6 is 0 Å². The van der Waals surface area contributed by atoms with Crippen LogP contribution in [0.5, 0.6) is 11.5 Å². The van der Waals surface area contributed by atoms with Crippen molar-refractivity contribution in [3.05, 3.63) is 53.1 Å². The van der Waals surface area contributed by atoms with Crippen LogP contribution in [-0.2, 0) is 19.1 Å². The number of benzene rings is 2. The lowest BCUT2D eigenvalue weighted by atomic mass is 10.1. The Labute approximate surface area is 211 Å². The molecule has 10 nitrogen and oxygen atoms in total. The van der Waals surface area contributed by atoms with Crippen LogP contribution in [0.1, 0.15) is 37.0 Å². The number of hydrazone groups is 1. The maximum Gasteiger partial charge on any atom is 0.329 e. The fourth-order valence-electron chi connectivity index (χ4n) is 2.97. The fraction of sp³-hybridized carbons (Fsp3) is 0.385. The van der Waals surface area contributed by atoms with E-state index in [1.54, 1.807) is 18.2 Å². The van der Waals surface area contributed by atoms with E-state index < -0.39 is 11.8 Å². The van der Waals surface area contributed by atoms with Gasteiger partial charge in [-0.2, -0.15) is 5.10 Å². The summed E-state index contributed by atoms with van der Waals surface area (Å²) in [6.45, 7) is 8.33. The van der Waals surface area contributed by atoms with Crippen molar-refractivity contribution >= 4 is 29.6 Å². The maximum absolute atomic E-state index is 12.3. The van der Waals surface area contributed by atoms with Crippen LogP contribution in [0.25, 0.3) is 0 Å². The molecule has 0 aliphatic rings. The highest BCUT2D eigenvalue weighted by atomic mass is 16.5. The minimum Gasteiger partial charge on any atom is -0.493 e. The molecule has 0 spiro atoms. The lowest BCUT2D eigenvalue weighted by molar-refractivity contribution is -0.139. The van der Waals surface area contributed by atoms with Crippen molar-refractivity contribution in [2.75, 3.05) is 32.2 Å². The number of nitrogens with one attached hydrogen (secondary N) is 3. The van der Waals surface area contributed by atoms with Gasteiger partial charge in [-0.1, -0.05) is 12.1 Å². The van der Waals surface area contributed by atoms with Gasteiger partial charge in [-0.3, -0.25) is 14.4 Å². The van der Waals surface area contributed by atoms with Gasteiger partial charge in [0, 0.05) is 18.8 Å². The average Bonchev–Trinajstić information content (AvgIpc) is 2.84. The molecule has 3 amide bonds. The van der Waals surface area contributed by atoms with Crippen LogP contribution in [0.3, 0.4) is 0 Å². The van der Waals surface area contributed by atoms with Crippen molar-refractivity contribution < 1.29 is 28.6 Å². The van der Waals surface area contributed by atoms with E-state index in [9.17, 15) is 14.4 Å². The second-order valence-electron chi connectivity index (χ2n) is 8.29. The number of anilines is 1. The summed E-state index contributed by atoms with van der Waals surface area (Å²) in [5, 5.41) is 9.14. The third-order valence-electron chi connectivity index (χ3n) is 4.86. The van der Waals surface area contributed by atoms with E-state index in [0.717, 1.165) is 16.8 Å². The first-order valence-electron chi connectivity index (χ1n) is 11.6. The minimum absolute atomic E-state index is 0.116. The van der Waals surface area contributed by atoms with Gasteiger partial charge in [-0.25, -0.2) is 5.43 Å². The van der Waals surface area contributed by atoms with Crippen molar-refractivity contribution in [3.8, 4) is 11.5 Å². The number of carbonyl (C=O) groups is 3.